The van der Waals surface area contributed by atoms with Gasteiger partial charge in [-0.15, -0.1) is 0 Å². The third-order valence-electron chi connectivity index (χ3n) is 2.20. The van der Waals surface area contributed by atoms with E-state index in [-0.39, 0.29) is 0 Å². The lowest BCUT2D eigenvalue weighted by molar-refractivity contribution is -0.179. The minimum Gasteiger partial charge on any atom is -0.376 e. The molecular weight excluding hydrogens is 176 g/mol. The Balaban J connectivity index is 3.07. The van der Waals surface area contributed by atoms with Crippen molar-refractivity contribution in [3.63, 3.8) is 0 Å². The van der Waals surface area contributed by atoms with Crippen molar-refractivity contribution >= 4 is 11.9 Å². The van der Waals surface area contributed by atoms with Crippen LogP contribution in [0.5, 0.6) is 0 Å². The molecule has 74 valence electrons. The molecule has 0 aromatic heterocycles. The van der Waals surface area contributed by atoms with Crippen molar-refractivity contribution in [1.82, 2.24) is 9.80 Å². The molecule has 6 heteroatoms. The maximum atomic E-state index is 11.3. The first-order valence-corrected chi connectivity index (χ1v) is 3.75. The second-order valence-electron chi connectivity index (χ2n) is 3.28. The third-order valence-corrected chi connectivity index (χ3v) is 2.20. The minimum absolute atomic E-state index is 0.635. The standard InChI is InChI=1S/C7H12N2O4/c1-7(13)4(10)8(2)6(12)9(3)5(7)11/h4,10,13H,1-3H3/t4-,7-/m0/s1. The Morgan fingerprint density at radius 1 is 1.38 bits per heavy atom. The molecule has 1 heterocycles. The van der Waals surface area contributed by atoms with Crippen LogP contribution in [0.3, 0.4) is 0 Å². The Morgan fingerprint density at radius 2 is 1.85 bits per heavy atom. The highest BCUT2D eigenvalue weighted by Crippen LogP contribution is 2.22. The normalized spacial score (nSPS) is 35.6. The van der Waals surface area contributed by atoms with E-state index in [1.54, 1.807) is 0 Å². The molecule has 0 aliphatic carbocycles. The average molecular weight is 188 g/mol. The maximum absolute atomic E-state index is 11.3. The van der Waals surface area contributed by atoms with Crippen LogP contribution in [0.15, 0.2) is 0 Å². The number of carbonyl (C=O) groups excluding carboxylic acids is 2. The second-order valence-corrected chi connectivity index (χ2v) is 3.28. The number of aliphatic hydroxyl groups excluding tert-OH is 1. The molecule has 1 fully saturated rings. The van der Waals surface area contributed by atoms with Gasteiger partial charge in [-0.2, -0.15) is 0 Å². The summed E-state index contributed by atoms with van der Waals surface area (Å²) >= 11 is 0. The van der Waals surface area contributed by atoms with E-state index in [0.717, 1.165) is 9.80 Å². The summed E-state index contributed by atoms with van der Waals surface area (Å²) in [5, 5.41) is 18.9. The van der Waals surface area contributed by atoms with Gasteiger partial charge < -0.3 is 10.2 Å². The van der Waals surface area contributed by atoms with E-state index in [0.29, 0.717) is 0 Å². The number of amides is 3. The maximum Gasteiger partial charge on any atom is 0.328 e. The summed E-state index contributed by atoms with van der Waals surface area (Å²) in [6.07, 6.45) is -1.50. The first kappa shape index (κ1) is 9.94. The molecule has 6 nitrogen and oxygen atoms in total. The topological polar surface area (TPSA) is 81.1 Å². The van der Waals surface area contributed by atoms with Crippen molar-refractivity contribution in [3.8, 4) is 0 Å². The largest absolute Gasteiger partial charge is 0.376 e. The molecule has 0 aromatic carbocycles. The van der Waals surface area contributed by atoms with E-state index in [4.69, 9.17) is 0 Å². The number of nitrogens with zero attached hydrogens (tertiary/aromatic N) is 2. The summed E-state index contributed by atoms with van der Waals surface area (Å²) in [4.78, 5) is 24.2. The summed E-state index contributed by atoms with van der Waals surface area (Å²) < 4.78 is 0. The Labute approximate surface area is 75.4 Å². The summed E-state index contributed by atoms with van der Waals surface area (Å²) in [6.45, 7) is 1.17. The van der Waals surface area contributed by atoms with Gasteiger partial charge >= 0.3 is 6.03 Å². The fraction of sp³-hybridized carbons (Fsp3) is 0.714. The molecule has 1 rings (SSSR count). The quantitative estimate of drug-likeness (QED) is 0.489. The second kappa shape index (κ2) is 2.68. The van der Waals surface area contributed by atoms with Gasteiger partial charge in [0, 0.05) is 14.1 Å². The van der Waals surface area contributed by atoms with Crippen LogP contribution in [0, 0.1) is 0 Å². The molecule has 1 aliphatic rings. The molecule has 2 atom stereocenters. The molecule has 1 saturated heterocycles. The zero-order valence-electron chi connectivity index (χ0n) is 7.68. The van der Waals surface area contributed by atoms with E-state index in [9.17, 15) is 19.8 Å². The summed E-state index contributed by atoms with van der Waals surface area (Å²) in [5.74, 6) is -0.803. The zero-order chi connectivity index (χ0) is 10.4. The predicted molar refractivity (Wildman–Crippen MR) is 42.6 cm³/mol. The molecule has 3 amide bonds. The number of aliphatic hydroxyl groups is 2. The summed E-state index contributed by atoms with van der Waals surface area (Å²) in [5.41, 5.74) is -1.93. The number of hydrogen-bond acceptors (Lipinski definition) is 4. The fourth-order valence-electron chi connectivity index (χ4n) is 1.26. The minimum atomic E-state index is -1.93. The number of rotatable bonds is 0. The van der Waals surface area contributed by atoms with Crippen molar-refractivity contribution in [3.05, 3.63) is 0 Å². The first-order valence-electron chi connectivity index (χ1n) is 3.75. The van der Waals surface area contributed by atoms with Gasteiger partial charge in [0.25, 0.3) is 5.91 Å². The van der Waals surface area contributed by atoms with Gasteiger partial charge in [-0.05, 0) is 6.92 Å². The van der Waals surface area contributed by atoms with Crippen molar-refractivity contribution in [1.29, 1.82) is 0 Å². The molecule has 1 aliphatic heterocycles. The Morgan fingerprint density at radius 3 is 2.31 bits per heavy atom. The zero-order valence-corrected chi connectivity index (χ0v) is 7.68. The Hall–Kier alpha value is -1.14. The highest BCUT2D eigenvalue weighted by Gasteiger charge is 2.50. The number of imide groups is 1. The average Bonchev–Trinajstić information content (AvgIpc) is 2.09. The highest BCUT2D eigenvalue weighted by atomic mass is 16.4. The molecule has 0 unspecified atom stereocenters. The van der Waals surface area contributed by atoms with E-state index < -0.39 is 23.8 Å². The van der Waals surface area contributed by atoms with Gasteiger partial charge in [0.1, 0.15) is 0 Å². The van der Waals surface area contributed by atoms with Crippen LogP contribution in [0.4, 0.5) is 4.79 Å². The van der Waals surface area contributed by atoms with E-state index >= 15 is 0 Å². The Bertz CT molecular complexity index is 263. The lowest BCUT2D eigenvalue weighted by atomic mass is 10.00. The molecule has 2 N–H and O–H groups in total. The number of urea groups is 1. The molecule has 0 saturated carbocycles. The molecule has 0 radical (unpaired) electrons. The van der Waals surface area contributed by atoms with Crippen molar-refractivity contribution in [2.45, 2.75) is 18.8 Å². The van der Waals surface area contributed by atoms with E-state index in [1.165, 1.54) is 21.0 Å². The van der Waals surface area contributed by atoms with Crippen molar-refractivity contribution in [2.24, 2.45) is 0 Å². The molecular formula is C7H12N2O4. The van der Waals surface area contributed by atoms with Crippen LogP contribution in [0.1, 0.15) is 6.92 Å². The number of likely N-dealkylation sites (N-methyl/N-ethyl adjacent to an activating group) is 2. The van der Waals surface area contributed by atoms with E-state index in [2.05, 4.69) is 0 Å². The van der Waals surface area contributed by atoms with Crippen molar-refractivity contribution in [2.75, 3.05) is 14.1 Å². The van der Waals surface area contributed by atoms with Crippen LogP contribution >= 0.6 is 0 Å². The lowest BCUT2D eigenvalue weighted by Crippen LogP contribution is -2.67. The van der Waals surface area contributed by atoms with Crippen LogP contribution < -0.4 is 0 Å². The van der Waals surface area contributed by atoms with Gasteiger partial charge in [-0.1, -0.05) is 0 Å². The predicted octanol–water partition coefficient (Wildman–Crippen LogP) is -1.42. The van der Waals surface area contributed by atoms with Crippen molar-refractivity contribution < 1.29 is 19.8 Å². The molecule has 0 aromatic rings. The van der Waals surface area contributed by atoms with Gasteiger partial charge in [0.15, 0.2) is 11.8 Å². The number of hydrogen-bond donors (Lipinski definition) is 2. The van der Waals surface area contributed by atoms with E-state index in [1.807, 2.05) is 0 Å². The lowest BCUT2D eigenvalue weighted by Gasteiger charge is -2.42. The first-order chi connectivity index (χ1) is 5.80. The van der Waals surface area contributed by atoms with Crippen LogP contribution in [-0.4, -0.2) is 57.9 Å². The monoisotopic (exact) mass is 188 g/mol. The fourth-order valence-corrected chi connectivity index (χ4v) is 1.26. The molecule has 0 bridgehead atoms. The summed E-state index contributed by atoms with van der Waals surface area (Å²) in [6, 6.07) is -0.635. The smallest absolute Gasteiger partial charge is 0.328 e. The van der Waals surface area contributed by atoms with Crippen LogP contribution in [0.2, 0.25) is 0 Å². The Kier molecular flexibility index (Phi) is 2.05. The SMILES string of the molecule is CN1C(=O)N(C)[C@@H](O)[C@](C)(O)C1=O. The summed E-state index contributed by atoms with van der Waals surface area (Å²) in [7, 11) is 2.56. The molecule has 13 heavy (non-hydrogen) atoms. The van der Waals surface area contributed by atoms with Gasteiger partial charge in [0.2, 0.25) is 0 Å². The highest BCUT2D eigenvalue weighted by molar-refractivity contribution is 6.01. The van der Waals surface area contributed by atoms with Gasteiger partial charge in [-0.25, -0.2) is 4.79 Å². The van der Waals surface area contributed by atoms with Crippen LogP contribution in [0.25, 0.3) is 0 Å². The van der Waals surface area contributed by atoms with Gasteiger partial charge in [-0.3, -0.25) is 14.6 Å². The molecule has 0 spiro atoms. The van der Waals surface area contributed by atoms with Gasteiger partial charge in [0.05, 0.1) is 0 Å². The van der Waals surface area contributed by atoms with Crippen LogP contribution in [-0.2, 0) is 4.79 Å². The number of carbonyl (C=O) groups is 2. The third kappa shape index (κ3) is 1.18.